The molecule has 0 aliphatic heterocycles. The number of alkyl halides is 3. The van der Waals surface area contributed by atoms with Gasteiger partial charge in [-0.25, -0.2) is 0 Å². The van der Waals surface area contributed by atoms with E-state index in [1.807, 2.05) is 0 Å². The first-order chi connectivity index (χ1) is 12.7. The van der Waals surface area contributed by atoms with Gasteiger partial charge in [0.15, 0.2) is 6.10 Å². The predicted molar refractivity (Wildman–Crippen MR) is 95.5 cm³/mol. The second kappa shape index (κ2) is 10.9. The van der Waals surface area contributed by atoms with Crippen molar-refractivity contribution in [3.05, 3.63) is 35.4 Å². The van der Waals surface area contributed by atoms with E-state index >= 15 is 0 Å². The lowest BCUT2D eigenvalue weighted by Gasteiger charge is -2.18. The number of primary amides is 1. The van der Waals surface area contributed by atoms with Crippen LogP contribution in [0, 0.1) is 0 Å². The summed E-state index contributed by atoms with van der Waals surface area (Å²) in [6.07, 6.45) is 0.190. The van der Waals surface area contributed by atoms with E-state index in [9.17, 15) is 27.9 Å². The largest absolute Gasteiger partial charge is 0.416 e. The Morgan fingerprint density at radius 1 is 1.07 bits per heavy atom. The number of nitrogens with two attached hydrogens (primary N) is 1. The molecule has 5 nitrogen and oxygen atoms in total. The Morgan fingerprint density at radius 2 is 1.63 bits per heavy atom. The van der Waals surface area contributed by atoms with Crippen LogP contribution in [0.1, 0.15) is 69.1 Å². The first-order valence-corrected chi connectivity index (χ1v) is 9.11. The second-order valence-corrected chi connectivity index (χ2v) is 6.54. The molecule has 4 N–H and O–H groups in total. The first kappa shape index (κ1) is 23.0. The average Bonchev–Trinajstić information content (AvgIpc) is 2.62. The first-order valence-electron chi connectivity index (χ1n) is 9.11. The van der Waals surface area contributed by atoms with E-state index in [0.29, 0.717) is 12.8 Å². The Labute approximate surface area is 157 Å². The Kier molecular flexibility index (Phi) is 9.28. The van der Waals surface area contributed by atoms with E-state index in [0.717, 1.165) is 56.4 Å². The van der Waals surface area contributed by atoms with Crippen LogP contribution in [-0.4, -0.2) is 23.0 Å². The molecule has 152 valence electrons. The van der Waals surface area contributed by atoms with Crippen LogP contribution in [0.25, 0.3) is 0 Å². The summed E-state index contributed by atoms with van der Waals surface area (Å²) in [5, 5.41) is 12.4. The number of carbonyl (C=O) groups is 2. The van der Waals surface area contributed by atoms with Crippen molar-refractivity contribution in [2.75, 3.05) is 0 Å². The molecule has 0 saturated carbocycles. The number of aliphatic hydroxyl groups excluding tert-OH is 1. The number of benzene rings is 1. The fourth-order valence-corrected chi connectivity index (χ4v) is 2.67. The number of hydrogen-bond acceptors (Lipinski definition) is 3. The minimum atomic E-state index is -4.50. The van der Waals surface area contributed by atoms with Crippen molar-refractivity contribution >= 4 is 11.8 Å². The zero-order valence-corrected chi connectivity index (χ0v) is 15.4. The van der Waals surface area contributed by atoms with Crippen LogP contribution in [0.4, 0.5) is 13.2 Å². The molecule has 8 heteroatoms. The van der Waals surface area contributed by atoms with Crippen molar-refractivity contribution in [1.82, 2.24) is 5.32 Å². The minimum Gasteiger partial charge on any atom is -0.378 e. The molecular formula is C19H27F3N2O3. The molecule has 1 rings (SSSR count). The SMILES string of the molecule is CCCCCCCC[C@@H](NC(=O)[C@H](O)c1ccc(C(F)(F)F)cc1)C(N)=O. The zero-order chi connectivity index (χ0) is 20.4. The van der Waals surface area contributed by atoms with Gasteiger partial charge in [0.05, 0.1) is 5.56 Å². The molecule has 0 fully saturated rings. The molecule has 0 bridgehead atoms. The van der Waals surface area contributed by atoms with Crippen molar-refractivity contribution in [1.29, 1.82) is 0 Å². The summed E-state index contributed by atoms with van der Waals surface area (Å²) >= 11 is 0. The molecule has 1 aromatic carbocycles. The third kappa shape index (κ3) is 7.99. The van der Waals surface area contributed by atoms with Crippen LogP contribution in [0.5, 0.6) is 0 Å². The molecule has 0 aromatic heterocycles. The Balaban J connectivity index is 2.58. The number of aliphatic hydroxyl groups is 1. The van der Waals surface area contributed by atoms with E-state index in [4.69, 9.17) is 5.73 Å². The summed E-state index contributed by atoms with van der Waals surface area (Å²) in [4.78, 5) is 23.6. The quantitative estimate of drug-likeness (QED) is 0.507. The van der Waals surface area contributed by atoms with E-state index < -0.39 is 35.7 Å². The van der Waals surface area contributed by atoms with Gasteiger partial charge in [0.25, 0.3) is 5.91 Å². The highest BCUT2D eigenvalue weighted by molar-refractivity contribution is 5.88. The van der Waals surface area contributed by atoms with E-state index in [2.05, 4.69) is 12.2 Å². The van der Waals surface area contributed by atoms with Gasteiger partial charge in [-0.3, -0.25) is 9.59 Å². The molecule has 2 atom stereocenters. The Morgan fingerprint density at radius 3 is 2.15 bits per heavy atom. The monoisotopic (exact) mass is 388 g/mol. The van der Waals surface area contributed by atoms with Crippen molar-refractivity contribution in [3.8, 4) is 0 Å². The van der Waals surface area contributed by atoms with E-state index in [1.165, 1.54) is 0 Å². The molecule has 27 heavy (non-hydrogen) atoms. The van der Waals surface area contributed by atoms with Crippen LogP contribution in [-0.2, 0) is 15.8 Å². The highest BCUT2D eigenvalue weighted by Crippen LogP contribution is 2.30. The minimum absolute atomic E-state index is 0.00304. The second-order valence-electron chi connectivity index (χ2n) is 6.54. The number of nitrogens with one attached hydrogen (secondary N) is 1. The zero-order valence-electron chi connectivity index (χ0n) is 15.4. The van der Waals surface area contributed by atoms with Crippen molar-refractivity contribution in [3.63, 3.8) is 0 Å². The van der Waals surface area contributed by atoms with Crippen LogP contribution in [0.3, 0.4) is 0 Å². The number of amides is 2. The number of carbonyl (C=O) groups excluding carboxylic acids is 2. The average molecular weight is 388 g/mol. The van der Waals surface area contributed by atoms with Gasteiger partial charge in [-0.2, -0.15) is 13.2 Å². The standard InChI is InChI=1S/C19H27F3N2O3/c1-2-3-4-5-6-7-8-15(17(23)26)24-18(27)16(25)13-9-11-14(12-10-13)19(20,21)22/h9-12,15-16,25H,2-8H2,1H3,(H2,23,26)(H,24,27)/t15-,16-/m1/s1. The molecule has 2 amide bonds. The summed E-state index contributed by atoms with van der Waals surface area (Å²) in [5.41, 5.74) is 4.42. The van der Waals surface area contributed by atoms with Gasteiger partial charge >= 0.3 is 6.18 Å². The number of unbranched alkanes of at least 4 members (excludes halogenated alkanes) is 5. The Hall–Kier alpha value is -2.09. The van der Waals surface area contributed by atoms with Gasteiger partial charge in [0, 0.05) is 0 Å². The summed E-state index contributed by atoms with van der Waals surface area (Å²) in [6, 6.07) is 2.70. The van der Waals surface area contributed by atoms with Crippen molar-refractivity contribution in [2.45, 2.75) is 70.2 Å². The molecule has 0 unspecified atom stereocenters. The van der Waals surface area contributed by atoms with Gasteiger partial charge < -0.3 is 16.2 Å². The van der Waals surface area contributed by atoms with Gasteiger partial charge in [-0.1, -0.05) is 57.6 Å². The maximum absolute atomic E-state index is 12.6. The summed E-state index contributed by atoms with van der Waals surface area (Å²) < 4.78 is 37.7. The van der Waals surface area contributed by atoms with Crippen LogP contribution in [0.2, 0.25) is 0 Å². The van der Waals surface area contributed by atoms with Crippen LogP contribution < -0.4 is 11.1 Å². The smallest absolute Gasteiger partial charge is 0.378 e. The van der Waals surface area contributed by atoms with Crippen molar-refractivity contribution in [2.24, 2.45) is 5.73 Å². The van der Waals surface area contributed by atoms with Gasteiger partial charge in [0.1, 0.15) is 6.04 Å². The predicted octanol–water partition coefficient (Wildman–Crippen LogP) is 3.46. The van der Waals surface area contributed by atoms with Gasteiger partial charge in [-0.15, -0.1) is 0 Å². The number of halogens is 3. The fourth-order valence-electron chi connectivity index (χ4n) is 2.67. The molecule has 1 aromatic rings. The molecule has 0 radical (unpaired) electrons. The van der Waals surface area contributed by atoms with E-state index in [-0.39, 0.29) is 5.56 Å². The lowest BCUT2D eigenvalue weighted by molar-refractivity contribution is -0.137. The van der Waals surface area contributed by atoms with Crippen molar-refractivity contribution < 1.29 is 27.9 Å². The third-order valence-electron chi connectivity index (χ3n) is 4.31. The van der Waals surface area contributed by atoms with Gasteiger partial charge in [0.2, 0.25) is 5.91 Å². The lowest BCUT2D eigenvalue weighted by Crippen LogP contribution is -2.46. The normalized spacial score (nSPS) is 13.8. The summed E-state index contributed by atoms with van der Waals surface area (Å²) in [7, 11) is 0. The number of rotatable bonds is 11. The topological polar surface area (TPSA) is 92.4 Å². The van der Waals surface area contributed by atoms with E-state index in [1.54, 1.807) is 0 Å². The highest BCUT2D eigenvalue weighted by atomic mass is 19.4. The lowest BCUT2D eigenvalue weighted by atomic mass is 10.0. The molecule has 0 saturated heterocycles. The molecule has 0 heterocycles. The maximum Gasteiger partial charge on any atom is 0.416 e. The third-order valence-corrected chi connectivity index (χ3v) is 4.31. The summed E-state index contributed by atoms with van der Waals surface area (Å²) in [6.45, 7) is 2.11. The maximum atomic E-state index is 12.6. The molecular weight excluding hydrogens is 361 g/mol. The molecule has 0 aliphatic carbocycles. The fraction of sp³-hybridized carbons (Fsp3) is 0.579. The van der Waals surface area contributed by atoms with Crippen LogP contribution in [0.15, 0.2) is 24.3 Å². The summed E-state index contributed by atoms with van der Waals surface area (Å²) in [5.74, 6) is -1.58. The highest BCUT2D eigenvalue weighted by Gasteiger charge is 2.31. The molecule has 0 aliphatic rings. The van der Waals surface area contributed by atoms with Crippen LogP contribution >= 0.6 is 0 Å². The Bertz CT molecular complexity index is 603. The molecule has 0 spiro atoms. The number of hydrogen-bond donors (Lipinski definition) is 3. The van der Waals surface area contributed by atoms with Gasteiger partial charge in [-0.05, 0) is 24.1 Å².